The fourth-order valence-electron chi connectivity index (χ4n) is 2.99. The van der Waals surface area contributed by atoms with Crippen LogP contribution in [0.3, 0.4) is 0 Å². The van der Waals surface area contributed by atoms with Crippen LogP contribution in [0.4, 0.5) is 11.4 Å². The van der Waals surface area contributed by atoms with Crippen molar-refractivity contribution >= 4 is 27.3 Å². The Kier molecular flexibility index (Phi) is 6.03. The molecular formula is C23H24N2O3S. The van der Waals surface area contributed by atoms with Gasteiger partial charge in [0.1, 0.15) is 0 Å². The molecule has 5 nitrogen and oxygen atoms in total. The molecule has 0 fully saturated rings. The van der Waals surface area contributed by atoms with Gasteiger partial charge in [0.2, 0.25) is 10.0 Å². The van der Waals surface area contributed by atoms with Crippen molar-refractivity contribution in [3.8, 4) is 0 Å². The van der Waals surface area contributed by atoms with E-state index >= 15 is 0 Å². The minimum absolute atomic E-state index is 0.160. The minimum atomic E-state index is -3.48. The molecule has 0 bridgehead atoms. The summed E-state index contributed by atoms with van der Waals surface area (Å²) in [6, 6.07) is 23.8. The summed E-state index contributed by atoms with van der Waals surface area (Å²) in [5.74, 6) is -0.160. The third kappa shape index (κ3) is 5.03. The van der Waals surface area contributed by atoms with Crippen molar-refractivity contribution in [2.24, 2.45) is 0 Å². The zero-order valence-corrected chi connectivity index (χ0v) is 17.6. The third-order valence-electron chi connectivity index (χ3n) is 4.70. The van der Waals surface area contributed by atoms with Crippen LogP contribution in [0.2, 0.25) is 0 Å². The van der Waals surface area contributed by atoms with Crippen LogP contribution in [0.15, 0.2) is 78.9 Å². The van der Waals surface area contributed by atoms with E-state index in [1.807, 2.05) is 61.5 Å². The third-order valence-corrected chi connectivity index (χ3v) is 5.84. The minimum Gasteiger partial charge on any atom is -0.311 e. The zero-order chi connectivity index (χ0) is 21.0. The van der Waals surface area contributed by atoms with E-state index in [0.29, 0.717) is 11.3 Å². The molecule has 0 spiro atoms. The van der Waals surface area contributed by atoms with Crippen LogP contribution in [0.1, 0.15) is 21.5 Å². The van der Waals surface area contributed by atoms with Crippen LogP contribution in [-0.4, -0.2) is 27.6 Å². The molecule has 0 saturated carbocycles. The van der Waals surface area contributed by atoms with Crippen molar-refractivity contribution in [3.63, 3.8) is 0 Å². The summed E-state index contributed by atoms with van der Waals surface area (Å²) in [7, 11) is -1.77. The summed E-state index contributed by atoms with van der Waals surface area (Å²) in [6.07, 6.45) is 1.18. The zero-order valence-electron chi connectivity index (χ0n) is 16.7. The first-order chi connectivity index (χ1) is 13.8. The average molecular weight is 409 g/mol. The Hall–Kier alpha value is -3.12. The number of carbonyl (C=O) groups excluding carboxylic acids is 1. The molecule has 0 aliphatic carbocycles. The Bertz CT molecular complexity index is 1080. The normalized spacial score (nSPS) is 11.1. The van der Waals surface area contributed by atoms with Crippen LogP contribution in [0.25, 0.3) is 0 Å². The molecule has 29 heavy (non-hydrogen) atoms. The summed E-state index contributed by atoms with van der Waals surface area (Å²) in [5, 5.41) is 0. The number of anilines is 2. The van der Waals surface area contributed by atoms with Crippen molar-refractivity contribution in [1.82, 2.24) is 0 Å². The number of sulfonamides is 1. The van der Waals surface area contributed by atoms with E-state index in [-0.39, 0.29) is 12.5 Å². The summed E-state index contributed by atoms with van der Waals surface area (Å²) >= 11 is 0. The van der Waals surface area contributed by atoms with Crippen molar-refractivity contribution in [3.05, 3.63) is 95.6 Å². The number of nitrogens with zero attached hydrogens (tertiary/aromatic N) is 2. The number of hydrogen-bond acceptors (Lipinski definition) is 3. The van der Waals surface area contributed by atoms with E-state index < -0.39 is 10.0 Å². The number of benzene rings is 3. The first-order valence-electron chi connectivity index (χ1n) is 9.22. The lowest BCUT2D eigenvalue weighted by Gasteiger charge is -2.23. The number of carbonyl (C=O) groups is 1. The smallest absolute Gasteiger partial charge is 0.258 e. The predicted octanol–water partition coefficient (Wildman–Crippen LogP) is 4.24. The van der Waals surface area contributed by atoms with Gasteiger partial charge in [0.25, 0.3) is 5.91 Å². The monoisotopic (exact) mass is 408 g/mol. The van der Waals surface area contributed by atoms with Gasteiger partial charge in [-0.3, -0.25) is 9.10 Å². The van der Waals surface area contributed by atoms with Gasteiger partial charge in [-0.25, -0.2) is 8.42 Å². The summed E-state index contributed by atoms with van der Waals surface area (Å²) in [5.41, 5.74) is 3.81. The molecule has 1 amide bonds. The van der Waals surface area contributed by atoms with Gasteiger partial charge in [-0.05, 0) is 48.9 Å². The summed E-state index contributed by atoms with van der Waals surface area (Å²) < 4.78 is 26.1. The second kappa shape index (κ2) is 8.49. The molecule has 3 rings (SSSR count). The van der Waals surface area contributed by atoms with Gasteiger partial charge in [-0.1, -0.05) is 48.0 Å². The van der Waals surface area contributed by atoms with Gasteiger partial charge in [-0.2, -0.15) is 0 Å². The molecule has 0 N–H and O–H groups in total. The average Bonchev–Trinajstić information content (AvgIpc) is 2.72. The van der Waals surface area contributed by atoms with E-state index in [0.717, 1.165) is 16.8 Å². The summed E-state index contributed by atoms with van der Waals surface area (Å²) in [6.45, 7) is 2.22. The molecule has 6 heteroatoms. The summed E-state index contributed by atoms with van der Waals surface area (Å²) in [4.78, 5) is 14.3. The maximum Gasteiger partial charge on any atom is 0.258 e. The van der Waals surface area contributed by atoms with E-state index in [4.69, 9.17) is 0 Å². The van der Waals surface area contributed by atoms with Gasteiger partial charge < -0.3 is 4.90 Å². The van der Waals surface area contributed by atoms with Crippen LogP contribution < -0.4 is 9.21 Å². The Balaban J connectivity index is 1.84. The highest BCUT2D eigenvalue weighted by Crippen LogP contribution is 2.23. The highest BCUT2D eigenvalue weighted by Gasteiger charge is 2.19. The second-order valence-corrected chi connectivity index (χ2v) is 8.91. The van der Waals surface area contributed by atoms with Crippen LogP contribution in [-0.2, 0) is 16.6 Å². The van der Waals surface area contributed by atoms with Crippen molar-refractivity contribution in [2.45, 2.75) is 13.5 Å². The number of amides is 1. The maximum atomic E-state index is 12.7. The van der Waals surface area contributed by atoms with Crippen molar-refractivity contribution < 1.29 is 13.2 Å². The maximum absolute atomic E-state index is 12.7. The number of aryl methyl sites for hydroxylation is 1. The highest BCUT2D eigenvalue weighted by molar-refractivity contribution is 7.92. The molecule has 0 aliphatic heterocycles. The second-order valence-electron chi connectivity index (χ2n) is 7.00. The van der Waals surface area contributed by atoms with E-state index in [1.165, 1.54) is 10.6 Å². The van der Waals surface area contributed by atoms with E-state index in [2.05, 4.69) is 0 Å². The fraction of sp³-hybridized carbons (Fsp3) is 0.174. The predicted molar refractivity (Wildman–Crippen MR) is 118 cm³/mol. The topological polar surface area (TPSA) is 57.7 Å². The molecule has 0 aromatic heterocycles. The molecule has 0 saturated heterocycles. The quantitative estimate of drug-likeness (QED) is 0.613. The van der Waals surface area contributed by atoms with E-state index in [1.54, 1.807) is 36.2 Å². The molecule has 3 aromatic rings. The fourth-order valence-corrected chi connectivity index (χ4v) is 3.88. The van der Waals surface area contributed by atoms with Gasteiger partial charge in [0.05, 0.1) is 18.5 Å². The molecule has 3 aromatic carbocycles. The SMILES string of the molecule is Cc1ccc(CN(c2ccc(C(=O)N(C)c3ccccc3)cc2)S(C)(=O)=O)cc1. The highest BCUT2D eigenvalue weighted by atomic mass is 32.2. The molecule has 0 heterocycles. The Morgan fingerprint density at radius 2 is 1.41 bits per heavy atom. The Labute approximate surface area is 172 Å². The standard InChI is InChI=1S/C23H24N2O3S/c1-18-9-11-19(12-10-18)17-25(29(3,27)28)22-15-13-20(14-16-22)23(26)24(2)21-7-5-4-6-8-21/h4-16H,17H2,1-3H3. The lowest BCUT2D eigenvalue weighted by molar-refractivity contribution is 0.0993. The largest absolute Gasteiger partial charge is 0.311 e. The number of hydrogen-bond donors (Lipinski definition) is 0. The Morgan fingerprint density at radius 3 is 1.97 bits per heavy atom. The van der Waals surface area contributed by atoms with Gasteiger partial charge in [-0.15, -0.1) is 0 Å². The lowest BCUT2D eigenvalue weighted by Crippen LogP contribution is -2.29. The molecule has 150 valence electrons. The van der Waals surface area contributed by atoms with Crippen LogP contribution in [0, 0.1) is 6.92 Å². The lowest BCUT2D eigenvalue weighted by atomic mass is 10.1. The van der Waals surface area contributed by atoms with Gasteiger partial charge in [0, 0.05) is 18.3 Å². The van der Waals surface area contributed by atoms with Crippen molar-refractivity contribution in [1.29, 1.82) is 0 Å². The molecular weight excluding hydrogens is 384 g/mol. The molecule has 0 radical (unpaired) electrons. The molecule has 0 atom stereocenters. The van der Waals surface area contributed by atoms with Gasteiger partial charge in [0.15, 0.2) is 0 Å². The molecule has 0 aliphatic rings. The first kappa shape index (κ1) is 20.6. The Morgan fingerprint density at radius 1 is 0.828 bits per heavy atom. The first-order valence-corrected chi connectivity index (χ1v) is 11.1. The van der Waals surface area contributed by atoms with Crippen LogP contribution >= 0.6 is 0 Å². The van der Waals surface area contributed by atoms with Gasteiger partial charge >= 0.3 is 0 Å². The number of para-hydroxylation sites is 1. The molecule has 0 unspecified atom stereocenters. The van der Waals surface area contributed by atoms with Crippen LogP contribution in [0.5, 0.6) is 0 Å². The van der Waals surface area contributed by atoms with E-state index in [9.17, 15) is 13.2 Å². The van der Waals surface area contributed by atoms with Crippen molar-refractivity contribution in [2.75, 3.05) is 22.5 Å². The number of rotatable bonds is 6.